The van der Waals surface area contributed by atoms with Crippen molar-refractivity contribution in [3.8, 4) is 0 Å². The third-order valence-corrected chi connectivity index (χ3v) is 1.36. The Bertz CT molecular complexity index is 140. The minimum absolute atomic E-state index is 0.0784. The second-order valence-electron chi connectivity index (χ2n) is 2.29. The van der Waals surface area contributed by atoms with E-state index in [9.17, 15) is 4.79 Å². The second kappa shape index (κ2) is 5.92. The van der Waals surface area contributed by atoms with Crippen molar-refractivity contribution < 1.29 is 15.0 Å². The summed E-state index contributed by atoms with van der Waals surface area (Å²) in [6.45, 7) is 1.86. The normalized spacial score (nSPS) is 13.6. The molecule has 0 aliphatic heterocycles. The molecule has 0 aliphatic rings. The molecule has 0 bridgehead atoms. The first kappa shape index (κ1) is 10.2. The number of rotatable bonds is 5. The van der Waals surface area contributed by atoms with Crippen LogP contribution in [0, 0.1) is 5.92 Å². The molecule has 0 amide bonds. The van der Waals surface area contributed by atoms with Gasteiger partial charge >= 0.3 is 5.97 Å². The van der Waals surface area contributed by atoms with E-state index < -0.39 is 11.9 Å². The molecule has 2 N–H and O–H groups in total. The Morgan fingerprint density at radius 2 is 2.27 bits per heavy atom. The zero-order valence-electron chi connectivity index (χ0n) is 6.66. The van der Waals surface area contributed by atoms with E-state index >= 15 is 0 Å². The van der Waals surface area contributed by atoms with Crippen LogP contribution in [0.4, 0.5) is 0 Å². The number of aliphatic carboxylic acids is 1. The van der Waals surface area contributed by atoms with Gasteiger partial charge in [-0.1, -0.05) is 19.1 Å². The molecule has 0 aromatic rings. The fourth-order valence-corrected chi connectivity index (χ4v) is 0.741. The molecular formula is C8H14O3. The maximum Gasteiger partial charge on any atom is 0.310 e. The molecule has 0 rings (SSSR count). The molecular weight excluding hydrogens is 144 g/mol. The fraction of sp³-hybridized carbons (Fsp3) is 0.625. The van der Waals surface area contributed by atoms with Crippen molar-refractivity contribution in [2.24, 2.45) is 5.92 Å². The molecule has 0 fully saturated rings. The standard InChI is InChI=1S/C8H14O3/c1-2-3-4-7(5-6-9)8(10)11/h3-4,7,9H,2,5-6H2,1H3,(H,10,11)/b4-3+. The Labute approximate surface area is 66.4 Å². The van der Waals surface area contributed by atoms with Gasteiger partial charge in [0.2, 0.25) is 0 Å². The zero-order chi connectivity index (χ0) is 8.69. The van der Waals surface area contributed by atoms with Crippen LogP contribution in [-0.4, -0.2) is 22.8 Å². The highest BCUT2D eigenvalue weighted by atomic mass is 16.4. The number of aliphatic hydroxyl groups is 1. The first-order valence-electron chi connectivity index (χ1n) is 3.72. The summed E-state index contributed by atoms with van der Waals surface area (Å²) >= 11 is 0. The SMILES string of the molecule is CC/C=C/C(CCO)C(=O)O. The van der Waals surface area contributed by atoms with Crippen molar-refractivity contribution in [1.82, 2.24) is 0 Å². The van der Waals surface area contributed by atoms with E-state index in [1.165, 1.54) is 0 Å². The predicted molar refractivity (Wildman–Crippen MR) is 42.3 cm³/mol. The monoisotopic (exact) mass is 158 g/mol. The molecule has 0 spiro atoms. The number of hydrogen-bond acceptors (Lipinski definition) is 2. The predicted octanol–water partition coefficient (Wildman–Crippen LogP) is 1.04. The molecule has 1 unspecified atom stereocenters. The lowest BCUT2D eigenvalue weighted by Crippen LogP contribution is -2.12. The van der Waals surface area contributed by atoms with Gasteiger partial charge in [-0.25, -0.2) is 0 Å². The lowest BCUT2D eigenvalue weighted by molar-refractivity contribution is -0.140. The number of carbonyl (C=O) groups is 1. The fourth-order valence-electron chi connectivity index (χ4n) is 0.741. The highest BCUT2D eigenvalue weighted by Gasteiger charge is 2.11. The maximum atomic E-state index is 10.4. The van der Waals surface area contributed by atoms with Crippen molar-refractivity contribution >= 4 is 5.97 Å². The minimum atomic E-state index is -0.872. The number of hydrogen-bond donors (Lipinski definition) is 2. The summed E-state index contributed by atoms with van der Waals surface area (Å²) in [5, 5.41) is 17.1. The van der Waals surface area contributed by atoms with Crippen molar-refractivity contribution in [2.75, 3.05) is 6.61 Å². The van der Waals surface area contributed by atoms with Gasteiger partial charge in [-0.05, 0) is 12.8 Å². The van der Waals surface area contributed by atoms with E-state index in [0.717, 1.165) is 6.42 Å². The van der Waals surface area contributed by atoms with Crippen LogP contribution in [0.3, 0.4) is 0 Å². The van der Waals surface area contributed by atoms with Crippen LogP contribution in [0.25, 0.3) is 0 Å². The van der Waals surface area contributed by atoms with Crippen molar-refractivity contribution in [2.45, 2.75) is 19.8 Å². The number of carboxylic acids is 1. The molecule has 3 nitrogen and oxygen atoms in total. The summed E-state index contributed by atoms with van der Waals surface area (Å²) in [7, 11) is 0. The molecule has 0 aliphatic carbocycles. The molecule has 0 aromatic heterocycles. The van der Waals surface area contributed by atoms with Crippen LogP contribution < -0.4 is 0 Å². The molecule has 0 aromatic carbocycles. The molecule has 0 saturated carbocycles. The van der Waals surface area contributed by atoms with E-state index in [2.05, 4.69) is 0 Å². The van der Waals surface area contributed by atoms with E-state index in [0.29, 0.717) is 6.42 Å². The number of carboxylic acid groups (broad SMARTS) is 1. The van der Waals surface area contributed by atoms with Crippen LogP contribution >= 0.6 is 0 Å². The lowest BCUT2D eigenvalue weighted by Gasteiger charge is -2.03. The second-order valence-corrected chi connectivity index (χ2v) is 2.29. The Hall–Kier alpha value is -0.830. The summed E-state index contributed by atoms with van der Waals surface area (Å²) in [6.07, 6.45) is 4.55. The van der Waals surface area contributed by atoms with E-state index in [1.807, 2.05) is 6.92 Å². The van der Waals surface area contributed by atoms with E-state index in [4.69, 9.17) is 10.2 Å². The van der Waals surface area contributed by atoms with Gasteiger partial charge in [0.05, 0.1) is 5.92 Å². The Morgan fingerprint density at radius 3 is 2.64 bits per heavy atom. The average Bonchev–Trinajstić information content (AvgIpc) is 1.97. The average molecular weight is 158 g/mol. The first-order chi connectivity index (χ1) is 5.22. The Kier molecular flexibility index (Phi) is 5.47. The Balaban J connectivity index is 3.88. The Morgan fingerprint density at radius 1 is 1.64 bits per heavy atom. The minimum Gasteiger partial charge on any atom is -0.481 e. The smallest absolute Gasteiger partial charge is 0.310 e. The largest absolute Gasteiger partial charge is 0.481 e. The molecule has 0 radical (unpaired) electrons. The molecule has 1 atom stereocenters. The molecule has 0 heterocycles. The topological polar surface area (TPSA) is 57.5 Å². The van der Waals surface area contributed by atoms with Gasteiger partial charge in [-0.2, -0.15) is 0 Å². The molecule has 0 saturated heterocycles. The van der Waals surface area contributed by atoms with Gasteiger partial charge in [0.1, 0.15) is 0 Å². The molecule has 64 valence electrons. The van der Waals surface area contributed by atoms with E-state index in [1.54, 1.807) is 12.2 Å². The summed E-state index contributed by atoms with van der Waals surface area (Å²) in [6, 6.07) is 0. The molecule has 3 heteroatoms. The van der Waals surface area contributed by atoms with E-state index in [-0.39, 0.29) is 6.61 Å². The summed E-state index contributed by atoms with van der Waals surface area (Å²) in [5.74, 6) is -1.40. The van der Waals surface area contributed by atoms with Crippen LogP contribution in [-0.2, 0) is 4.79 Å². The quantitative estimate of drug-likeness (QED) is 0.588. The molecule has 11 heavy (non-hydrogen) atoms. The highest BCUT2D eigenvalue weighted by Crippen LogP contribution is 2.04. The van der Waals surface area contributed by atoms with Crippen LogP contribution in [0.1, 0.15) is 19.8 Å². The van der Waals surface area contributed by atoms with Crippen LogP contribution in [0.5, 0.6) is 0 Å². The van der Waals surface area contributed by atoms with Gasteiger partial charge in [0.15, 0.2) is 0 Å². The lowest BCUT2D eigenvalue weighted by atomic mass is 10.1. The zero-order valence-corrected chi connectivity index (χ0v) is 6.66. The van der Waals surface area contributed by atoms with Gasteiger partial charge in [-0.3, -0.25) is 4.79 Å². The van der Waals surface area contributed by atoms with Crippen molar-refractivity contribution in [3.05, 3.63) is 12.2 Å². The summed E-state index contributed by atoms with van der Waals surface area (Å²) in [5.41, 5.74) is 0. The van der Waals surface area contributed by atoms with Crippen LogP contribution in [0.2, 0.25) is 0 Å². The highest BCUT2D eigenvalue weighted by molar-refractivity contribution is 5.72. The van der Waals surface area contributed by atoms with Crippen molar-refractivity contribution in [1.29, 1.82) is 0 Å². The number of allylic oxidation sites excluding steroid dienone is 1. The van der Waals surface area contributed by atoms with Crippen molar-refractivity contribution in [3.63, 3.8) is 0 Å². The van der Waals surface area contributed by atoms with Gasteiger partial charge in [0, 0.05) is 6.61 Å². The summed E-state index contributed by atoms with van der Waals surface area (Å²) in [4.78, 5) is 10.4. The van der Waals surface area contributed by atoms with Gasteiger partial charge in [0.25, 0.3) is 0 Å². The summed E-state index contributed by atoms with van der Waals surface area (Å²) < 4.78 is 0. The first-order valence-corrected chi connectivity index (χ1v) is 3.72. The number of aliphatic hydroxyl groups excluding tert-OH is 1. The maximum absolute atomic E-state index is 10.4. The third-order valence-electron chi connectivity index (χ3n) is 1.36. The van der Waals surface area contributed by atoms with Gasteiger partial charge < -0.3 is 10.2 Å². The van der Waals surface area contributed by atoms with Crippen LogP contribution in [0.15, 0.2) is 12.2 Å². The van der Waals surface area contributed by atoms with Gasteiger partial charge in [-0.15, -0.1) is 0 Å². The third kappa shape index (κ3) is 4.56.